The van der Waals surface area contributed by atoms with Crippen LogP contribution in [0.15, 0.2) is 68.0 Å². The number of hydrogen-bond donors (Lipinski definition) is 0. The molecule has 0 N–H and O–H groups in total. The Bertz CT molecular complexity index is 610. The number of ether oxygens (including phenoxy) is 2. The highest BCUT2D eigenvalue weighted by Gasteiger charge is 2.10. The highest BCUT2D eigenvalue weighted by molar-refractivity contribution is 5.38. The Kier molecular flexibility index (Phi) is 9.20. The molecule has 0 aliphatic rings. The molecule has 1 aromatic heterocycles. The van der Waals surface area contributed by atoms with E-state index in [0.29, 0.717) is 13.2 Å². The molecule has 0 fully saturated rings. The zero-order chi connectivity index (χ0) is 18.5. The van der Waals surface area contributed by atoms with Crippen LogP contribution < -0.4 is 9.47 Å². The Balaban J connectivity index is 1.94. The van der Waals surface area contributed by atoms with Gasteiger partial charge in [-0.1, -0.05) is 42.5 Å². The Morgan fingerprint density at radius 3 is 1.81 bits per heavy atom. The average molecular weight is 354 g/mol. The quantitative estimate of drug-likeness (QED) is 0.307. The van der Waals surface area contributed by atoms with Crippen molar-refractivity contribution in [1.29, 1.82) is 0 Å². The van der Waals surface area contributed by atoms with E-state index in [2.05, 4.69) is 42.0 Å². The minimum atomic E-state index is 0.704. The van der Waals surface area contributed by atoms with Crippen LogP contribution in [0.4, 0.5) is 0 Å². The van der Waals surface area contributed by atoms with Gasteiger partial charge < -0.3 is 14.0 Å². The van der Waals surface area contributed by atoms with E-state index in [9.17, 15) is 0 Å². The summed E-state index contributed by atoms with van der Waals surface area (Å²) in [5, 5.41) is 0. The van der Waals surface area contributed by atoms with E-state index in [-0.39, 0.29) is 0 Å². The molecule has 0 bridgehead atoms. The molecule has 0 amide bonds. The highest BCUT2D eigenvalue weighted by Crippen LogP contribution is 2.29. The SMILES string of the molecule is C=CCCCCOc1cn(Cc2ccccc2)cc1OCCCCC=C. The van der Waals surface area contributed by atoms with Gasteiger partial charge in [0, 0.05) is 6.54 Å². The molecule has 0 aliphatic heterocycles. The summed E-state index contributed by atoms with van der Waals surface area (Å²) in [6.07, 6.45) is 14.3. The lowest BCUT2D eigenvalue weighted by Gasteiger charge is -2.08. The molecule has 1 aromatic carbocycles. The summed E-state index contributed by atoms with van der Waals surface area (Å²) >= 11 is 0. The van der Waals surface area contributed by atoms with Gasteiger partial charge in [0.05, 0.1) is 25.6 Å². The maximum Gasteiger partial charge on any atom is 0.178 e. The van der Waals surface area contributed by atoms with E-state index in [1.807, 2.05) is 30.6 Å². The first kappa shape index (κ1) is 19.9. The number of nitrogens with zero attached hydrogens (tertiary/aromatic N) is 1. The van der Waals surface area contributed by atoms with Crippen molar-refractivity contribution in [2.75, 3.05) is 13.2 Å². The number of aromatic nitrogens is 1. The third kappa shape index (κ3) is 7.22. The zero-order valence-electron chi connectivity index (χ0n) is 15.7. The topological polar surface area (TPSA) is 23.4 Å². The van der Waals surface area contributed by atoms with E-state index < -0.39 is 0 Å². The van der Waals surface area contributed by atoms with Crippen LogP contribution in [-0.2, 0) is 6.54 Å². The average Bonchev–Trinajstić information content (AvgIpc) is 3.03. The van der Waals surface area contributed by atoms with Crippen LogP contribution >= 0.6 is 0 Å². The standard InChI is InChI=1S/C23H31NO2/c1-3-5-7-12-16-25-22-19-24(18-21-14-10-9-11-15-21)20-23(22)26-17-13-8-6-4-2/h3-4,9-11,14-15,19-20H,1-2,5-8,12-13,16-18H2. The second-order valence-electron chi connectivity index (χ2n) is 6.41. The first-order valence-electron chi connectivity index (χ1n) is 9.54. The smallest absolute Gasteiger partial charge is 0.178 e. The number of benzene rings is 1. The Morgan fingerprint density at radius 2 is 1.31 bits per heavy atom. The lowest BCUT2D eigenvalue weighted by atomic mass is 10.2. The number of rotatable bonds is 14. The van der Waals surface area contributed by atoms with Crippen molar-refractivity contribution in [3.8, 4) is 11.5 Å². The van der Waals surface area contributed by atoms with Gasteiger partial charge in [0.1, 0.15) is 0 Å². The van der Waals surface area contributed by atoms with Crippen LogP contribution in [0.25, 0.3) is 0 Å². The number of unbranched alkanes of at least 4 members (excludes halogenated alkanes) is 4. The third-order valence-corrected chi connectivity index (χ3v) is 4.14. The monoisotopic (exact) mass is 353 g/mol. The van der Waals surface area contributed by atoms with Gasteiger partial charge in [-0.05, 0) is 44.1 Å². The fourth-order valence-corrected chi connectivity index (χ4v) is 2.71. The summed E-state index contributed by atoms with van der Waals surface area (Å²) in [5.41, 5.74) is 1.26. The van der Waals surface area contributed by atoms with Gasteiger partial charge in [-0.15, -0.1) is 13.2 Å². The van der Waals surface area contributed by atoms with E-state index >= 15 is 0 Å². The van der Waals surface area contributed by atoms with Crippen molar-refractivity contribution in [2.24, 2.45) is 0 Å². The van der Waals surface area contributed by atoms with Crippen LogP contribution in [0.1, 0.15) is 44.1 Å². The first-order valence-corrected chi connectivity index (χ1v) is 9.54. The van der Waals surface area contributed by atoms with Gasteiger partial charge in [0.2, 0.25) is 0 Å². The van der Waals surface area contributed by atoms with Crippen LogP contribution in [0, 0.1) is 0 Å². The summed E-state index contributed by atoms with van der Waals surface area (Å²) in [5.74, 6) is 1.67. The Morgan fingerprint density at radius 1 is 0.769 bits per heavy atom. The fraction of sp³-hybridized carbons (Fsp3) is 0.391. The maximum absolute atomic E-state index is 5.98. The molecule has 26 heavy (non-hydrogen) atoms. The van der Waals surface area contributed by atoms with Crippen molar-refractivity contribution in [1.82, 2.24) is 4.57 Å². The lowest BCUT2D eigenvalue weighted by molar-refractivity contribution is 0.262. The minimum absolute atomic E-state index is 0.704. The zero-order valence-corrected chi connectivity index (χ0v) is 15.7. The molecular weight excluding hydrogens is 322 g/mol. The van der Waals surface area contributed by atoms with E-state index in [4.69, 9.17) is 9.47 Å². The molecule has 0 spiro atoms. The van der Waals surface area contributed by atoms with E-state index in [1.165, 1.54) is 5.56 Å². The van der Waals surface area contributed by atoms with Crippen molar-refractivity contribution in [2.45, 2.75) is 45.1 Å². The van der Waals surface area contributed by atoms with Crippen LogP contribution in [0.2, 0.25) is 0 Å². The third-order valence-electron chi connectivity index (χ3n) is 4.14. The molecule has 0 saturated carbocycles. The summed E-state index contributed by atoms with van der Waals surface area (Å²) in [6, 6.07) is 10.4. The molecule has 0 radical (unpaired) electrons. The molecule has 0 saturated heterocycles. The van der Waals surface area contributed by atoms with Crippen molar-refractivity contribution < 1.29 is 9.47 Å². The molecule has 3 heteroatoms. The molecule has 0 unspecified atom stereocenters. The molecule has 0 aliphatic carbocycles. The number of hydrogen-bond acceptors (Lipinski definition) is 2. The van der Waals surface area contributed by atoms with E-state index in [1.54, 1.807) is 0 Å². The lowest BCUT2D eigenvalue weighted by Crippen LogP contribution is -2.00. The summed E-state index contributed by atoms with van der Waals surface area (Å²) in [6.45, 7) is 9.74. The molecular formula is C23H31NO2. The Hall–Kier alpha value is -2.42. The predicted octanol–water partition coefficient (Wildman–Crippen LogP) is 6.01. The predicted molar refractivity (Wildman–Crippen MR) is 109 cm³/mol. The molecule has 2 aromatic rings. The van der Waals surface area contributed by atoms with Gasteiger partial charge >= 0.3 is 0 Å². The molecule has 140 valence electrons. The van der Waals surface area contributed by atoms with Crippen molar-refractivity contribution in [3.05, 3.63) is 73.6 Å². The first-order chi connectivity index (χ1) is 12.8. The minimum Gasteiger partial charge on any atom is -0.488 e. The highest BCUT2D eigenvalue weighted by atomic mass is 16.5. The van der Waals surface area contributed by atoms with Gasteiger partial charge in [-0.3, -0.25) is 0 Å². The van der Waals surface area contributed by atoms with Crippen molar-refractivity contribution in [3.63, 3.8) is 0 Å². The second-order valence-corrected chi connectivity index (χ2v) is 6.41. The summed E-state index contributed by atoms with van der Waals surface area (Å²) < 4.78 is 14.1. The van der Waals surface area contributed by atoms with Crippen LogP contribution in [0.3, 0.4) is 0 Å². The molecule has 0 atom stereocenters. The second kappa shape index (κ2) is 12.0. The molecule has 2 rings (SSSR count). The van der Waals surface area contributed by atoms with Crippen molar-refractivity contribution >= 4 is 0 Å². The van der Waals surface area contributed by atoms with Crippen LogP contribution in [-0.4, -0.2) is 17.8 Å². The largest absolute Gasteiger partial charge is 0.488 e. The maximum atomic E-state index is 5.98. The van der Waals surface area contributed by atoms with Gasteiger partial charge in [0.25, 0.3) is 0 Å². The van der Waals surface area contributed by atoms with Crippen LogP contribution in [0.5, 0.6) is 11.5 Å². The fourth-order valence-electron chi connectivity index (χ4n) is 2.71. The van der Waals surface area contributed by atoms with E-state index in [0.717, 1.165) is 56.6 Å². The van der Waals surface area contributed by atoms with Gasteiger partial charge in [0.15, 0.2) is 11.5 Å². The Labute approximate surface area is 157 Å². The summed E-state index contributed by atoms with van der Waals surface area (Å²) in [7, 11) is 0. The molecule has 3 nitrogen and oxygen atoms in total. The summed E-state index contributed by atoms with van der Waals surface area (Å²) in [4.78, 5) is 0. The number of allylic oxidation sites excluding steroid dienone is 2. The van der Waals surface area contributed by atoms with Gasteiger partial charge in [-0.25, -0.2) is 0 Å². The molecule has 1 heterocycles. The normalized spacial score (nSPS) is 10.5. The van der Waals surface area contributed by atoms with Gasteiger partial charge in [-0.2, -0.15) is 0 Å².